The molecule has 1 saturated heterocycles. The van der Waals surface area contributed by atoms with Crippen LogP contribution in [0.4, 0.5) is 0 Å². The van der Waals surface area contributed by atoms with Crippen LogP contribution in [0, 0.1) is 35.5 Å². The van der Waals surface area contributed by atoms with Gasteiger partial charge in [0.25, 0.3) is 11.8 Å². The van der Waals surface area contributed by atoms with Gasteiger partial charge in [0.05, 0.1) is 18.1 Å². The Morgan fingerprint density at radius 3 is 2.33 bits per heavy atom. The Morgan fingerprint density at radius 1 is 0.939 bits per heavy atom. The number of hydrogen-bond acceptors (Lipinski definition) is 3. The summed E-state index contributed by atoms with van der Waals surface area (Å²) in [5.74, 6) is 0.870. The smallest absolute Gasteiger partial charge is 0.254 e. The molecule has 0 radical (unpaired) electrons. The predicted octanol–water partition coefficient (Wildman–Crippen LogP) is 4.73. The first-order valence-electron chi connectivity index (χ1n) is 11.5. The van der Waals surface area contributed by atoms with E-state index in [1.54, 1.807) is 6.21 Å². The summed E-state index contributed by atoms with van der Waals surface area (Å²) >= 11 is 6.39. The van der Waals surface area contributed by atoms with Gasteiger partial charge in [-0.2, -0.15) is 10.1 Å². The fourth-order valence-electron chi connectivity index (χ4n) is 6.49. The number of allylic oxidation sites excluding steroid dienone is 2. The van der Waals surface area contributed by atoms with Gasteiger partial charge in [0, 0.05) is 34.2 Å². The van der Waals surface area contributed by atoms with Gasteiger partial charge in [0.2, 0.25) is 0 Å². The topological polar surface area (TPSA) is 54.7 Å². The van der Waals surface area contributed by atoms with Crippen LogP contribution in [0.2, 0.25) is 5.02 Å². The Balaban J connectivity index is 1.22. The zero-order valence-corrected chi connectivity index (χ0v) is 18.6. The third-order valence-corrected chi connectivity index (χ3v) is 8.44. The van der Waals surface area contributed by atoms with E-state index < -0.39 is 0 Å². The van der Waals surface area contributed by atoms with Crippen LogP contribution < -0.4 is 0 Å². The summed E-state index contributed by atoms with van der Waals surface area (Å²) in [7, 11) is 0. The number of imide groups is 1. The minimum Gasteiger partial charge on any atom is -0.342 e. The minimum absolute atomic E-state index is 0.134. The highest BCUT2D eigenvalue weighted by atomic mass is 35.5. The molecule has 1 aliphatic heterocycles. The van der Waals surface area contributed by atoms with Gasteiger partial charge in [0.15, 0.2) is 0 Å². The summed E-state index contributed by atoms with van der Waals surface area (Å²) in [5, 5.41) is 7.34. The second-order valence-corrected chi connectivity index (χ2v) is 10.1. The van der Waals surface area contributed by atoms with E-state index in [0.29, 0.717) is 18.4 Å². The van der Waals surface area contributed by atoms with Crippen LogP contribution in [0.5, 0.6) is 0 Å². The molecule has 0 unspecified atom stereocenters. The number of carbonyl (C=O) groups excluding carboxylic acids is 2. The normalized spacial score (nSPS) is 31.6. The molecule has 8 rings (SSSR count). The fourth-order valence-corrected chi connectivity index (χ4v) is 6.69. The van der Waals surface area contributed by atoms with Crippen molar-refractivity contribution in [3.63, 3.8) is 0 Å². The second-order valence-electron chi connectivity index (χ2n) is 9.71. The lowest BCUT2D eigenvalue weighted by molar-refractivity contribution is -0.140. The first-order valence-corrected chi connectivity index (χ1v) is 11.9. The molecular weight excluding hydrogens is 434 g/mol. The van der Waals surface area contributed by atoms with Gasteiger partial charge in [-0.1, -0.05) is 60.2 Å². The number of fused-ring (bicyclic) bond motifs is 1. The maximum Gasteiger partial charge on any atom is 0.254 e. The maximum absolute atomic E-state index is 13.2. The molecule has 2 saturated carbocycles. The molecule has 2 bridgehead atoms. The molecule has 1 aromatic heterocycles. The average molecular weight is 456 g/mol. The van der Waals surface area contributed by atoms with E-state index in [1.165, 1.54) is 0 Å². The van der Waals surface area contributed by atoms with Crippen molar-refractivity contribution in [1.82, 2.24) is 9.58 Å². The SMILES string of the molecule is O=C1[C@@H]2[C@H]3C=C[C@@H]([C@@H]4C[C@@H]34)[C@H]2C(=O)N1/N=C\c1cn(Cc2ccccc2Cl)c2ccccc12. The highest BCUT2D eigenvalue weighted by molar-refractivity contribution is 6.31. The summed E-state index contributed by atoms with van der Waals surface area (Å²) in [5.41, 5.74) is 2.95. The third-order valence-electron chi connectivity index (χ3n) is 8.07. The summed E-state index contributed by atoms with van der Waals surface area (Å²) in [6.45, 7) is 0.623. The number of rotatable bonds is 4. The first kappa shape index (κ1) is 19.3. The van der Waals surface area contributed by atoms with Crippen molar-refractivity contribution in [3.8, 4) is 0 Å². The van der Waals surface area contributed by atoms with Crippen LogP contribution in [0.3, 0.4) is 0 Å². The van der Waals surface area contributed by atoms with Crippen molar-refractivity contribution in [2.45, 2.75) is 13.0 Å². The van der Waals surface area contributed by atoms with Crippen molar-refractivity contribution in [2.75, 3.05) is 0 Å². The van der Waals surface area contributed by atoms with E-state index >= 15 is 0 Å². The molecule has 2 heterocycles. The van der Waals surface area contributed by atoms with Crippen LogP contribution in [-0.2, 0) is 16.1 Å². The van der Waals surface area contributed by atoms with Gasteiger partial charge in [-0.3, -0.25) is 9.59 Å². The largest absolute Gasteiger partial charge is 0.342 e. The predicted molar refractivity (Wildman–Crippen MR) is 127 cm³/mol. The number of halogens is 1. The van der Waals surface area contributed by atoms with Gasteiger partial charge in [0.1, 0.15) is 0 Å². The van der Waals surface area contributed by atoms with E-state index in [1.807, 2.05) is 48.7 Å². The van der Waals surface area contributed by atoms with Crippen LogP contribution in [0.25, 0.3) is 10.9 Å². The molecule has 164 valence electrons. The van der Waals surface area contributed by atoms with Gasteiger partial charge in [-0.05, 0) is 47.8 Å². The summed E-state index contributed by atoms with van der Waals surface area (Å²) in [6.07, 6.45) is 9.19. The van der Waals surface area contributed by atoms with Crippen LogP contribution in [0.1, 0.15) is 17.5 Å². The summed E-state index contributed by atoms with van der Waals surface area (Å²) in [6, 6.07) is 15.9. The van der Waals surface area contributed by atoms with Crippen molar-refractivity contribution >= 4 is 40.5 Å². The number of nitrogens with zero attached hydrogens (tertiary/aromatic N) is 3. The molecule has 4 aliphatic carbocycles. The molecule has 6 atom stereocenters. The van der Waals surface area contributed by atoms with E-state index in [0.717, 1.165) is 38.5 Å². The minimum atomic E-state index is -0.227. The van der Waals surface area contributed by atoms with Crippen molar-refractivity contribution < 1.29 is 9.59 Å². The van der Waals surface area contributed by atoms with Gasteiger partial charge >= 0.3 is 0 Å². The second kappa shape index (κ2) is 6.91. The summed E-state index contributed by atoms with van der Waals surface area (Å²) in [4.78, 5) is 26.4. The lowest BCUT2D eigenvalue weighted by Crippen LogP contribution is -2.40. The summed E-state index contributed by atoms with van der Waals surface area (Å²) < 4.78 is 2.13. The molecule has 0 N–H and O–H groups in total. The number of hydrazone groups is 1. The van der Waals surface area contributed by atoms with E-state index in [9.17, 15) is 9.59 Å². The highest BCUT2D eigenvalue weighted by Gasteiger charge is 2.67. The fraction of sp³-hybridized carbons (Fsp3) is 0.296. The van der Waals surface area contributed by atoms with E-state index in [4.69, 9.17) is 11.6 Å². The molecule has 6 heteroatoms. The maximum atomic E-state index is 13.2. The zero-order chi connectivity index (χ0) is 22.3. The monoisotopic (exact) mass is 455 g/mol. The quantitative estimate of drug-likeness (QED) is 0.324. The first-order chi connectivity index (χ1) is 16.1. The molecule has 3 aromatic rings. The standard InChI is InChI=1S/C27H22ClN3O2/c28-22-7-3-1-5-15(22)13-30-14-16(17-6-2-4-8-23(17)30)12-29-31-26(32)24-18-9-10-19(21-11-20(18)21)25(24)27(31)33/h1-10,12,14,18-21,24-25H,11,13H2/b29-12-/t18-,19-,20-,21-,24+,25+/m0/s1. The Morgan fingerprint density at radius 2 is 1.61 bits per heavy atom. The average Bonchev–Trinajstić information content (AvgIpc) is 3.54. The van der Waals surface area contributed by atoms with Crippen LogP contribution in [0.15, 0.2) is 72.0 Å². The Kier molecular flexibility index (Phi) is 4.04. The molecule has 2 amide bonds. The molecule has 2 aromatic carbocycles. The number of aromatic nitrogens is 1. The highest BCUT2D eigenvalue weighted by Crippen LogP contribution is 2.65. The number of para-hydroxylation sites is 1. The molecule has 3 fully saturated rings. The van der Waals surface area contributed by atoms with Crippen molar-refractivity contribution in [2.24, 2.45) is 40.6 Å². The van der Waals surface area contributed by atoms with Crippen LogP contribution >= 0.6 is 11.6 Å². The number of hydrogen-bond donors (Lipinski definition) is 0. The third kappa shape index (κ3) is 2.75. The van der Waals surface area contributed by atoms with Crippen LogP contribution in [-0.4, -0.2) is 27.6 Å². The molecule has 5 nitrogen and oxygen atoms in total. The Hall–Kier alpha value is -3.18. The van der Waals surface area contributed by atoms with Crippen molar-refractivity contribution in [1.29, 1.82) is 0 Å². The van der Waals surface area contributed by atoms with Crippen molar-refractivity contribution in [3.05, 3.63) is 83.0 Å². The number of carbonyl (C=O) groups is 2. The molecular formula is C27H22ClN3O2. The van der Waals surface area contributed by atoms with E-state index in [2.05, 4.69) is 27.9 Å². The lowest BCUT2D eigenvalue weighted by Gasteiger charge is -2.37. The van der Waals surface area contributed by atoms with Gasteiger partial charge in [-0.15, -0.1) is 0 Å². The molecule has 33 heavy (non-hydrogen) atoms. The number of benzene rings is 2. The number of amides is 2. The van der Waals surface area contributed by atoms with Gasteiger partial charge < -0.3 is 4.57 Å². The van der Waals surface area contributed by atoms with E-state index in [-0.39, 0.29) is 35.5 Å². The lowest BCUT2D eigenvalue weighted by atomic mass is 9.63. The van der Waals surface area contributed by atoms with Gasteiger partial charge in [-0.25, -0.2) is 0 Å². The molecule has 0 spiro atoms. The zero-order valence-electron chi connectivity index (χ0n) is 17.8. The Bertz CT molecular complexity index is 1350. The molecule has 5 aliphatic rings. The Labute approximate surface area is 196 Å².